The molecule has 2 aromatic carbocycles. The first kappa shape index (κ1) is 19.8. The largest absolute Gasteiger partial charge is 0.506 e. The fourth-order valence-electron chi connectivity index (χ4n) is 4.13. The Hall–Kier alpha value is -2.54. The molecule has 0 saturated carbocycles. The van der Waals surface area contributed by atoms with E-state index >= 15 is 0 Å². The second-order valence-corrected chi connectivity index (χ2v) is 7.87. The molecule has 4 rings (SSSR count). The summed E-state index contributed by atoms with van der Waals surface area (Å²) in [6.07, 6.45) is 2.98. The first-order valence-corrected chi connectivity index (χ1v) is 10.1. The molecule has 0 fully saturated rings. The molecular weight excluding hydrogens is 390 g/mol. The molecule has 0 amide bonds. The number of hydrogen-bond donors (Lipinski definition) is 4. The van der Waals surface area contributed by atoms with Gasteiger partial charge in [-0.05, 0) is 37.0 Å². The van der Waals surface area contributed by atoms with Crippen LogP contribution in [0.5, 0.6) is 5.75 Å². The number of aliphatic hydroxyl groups excluding tert-OH is 1. The van der Waals surface area contributed by atoms with Gasteiger partial charge in [-0.3, -0.25) is 4.57 Å². The number of aromatic nitrogens is 2. The van der Waals surface area contributed by atoms with Gasteiger partial charge in [0.2, 0.25) is 0 Å². The summed E-state index contributed by atoms with van der Waals surface area (Å²) < 4.78 is 1.70. The SMILES string of the molecule is C=CC(CCc1cccc(Cl)c1O)N[C@@H]1CCn2c(=O)[nH]c3cccc(c32)[C@H]1O. The maximum Gasteiger partial charge on any atom is 0.326 e. The second kappa shape index (κ2) is 8.06. The predicted octanol–water partition coefficient (Wildman–Crippen LogP) is 3.27. The van der Waals surface area contributed by atoms with Gasteiger partial charge in [-0.25, -0.2) is 4.79 Å². The van der Waals surface area contributed by atoms with E-state index in [1.165, 1.54) is 0 Å². The molecule has 6 nitrogen and oxygen atoms in total. The zero-order valence-electron chi connectivity index (χ0n) is 15.9. The number of phenolic OH excluding ortho intramolecular Hbond substituents is 1. The maximum absolute atomic E-state index is 12.3. The molecule has 1 aromatic heterocycles. The number of aliphatic hydroxyl groups is 1. The monoisotopic (exact) mass is 413 g/mol. The lowest BCUT2D eigenvalue weighted by Gasteiger charge is -2.27. The zero-order chi connectivity index (χ0) is 20.5. The third kappa shape index (κ3) is 3.71. The van der Waals surface area contributed by atoms with E-state index < -0.39 is 6.10 Å². The van der Waals surface area contributed by atoms with Crippen LogP contribution in [-0.4, -0.2) is 31.8 Å². The highest BCUT2D eigenvalue weighted by atomic mass is 35.5. The Kier molecular flexibility index (Phi) is 5.50. The smallest absolute Gasteiger partial charge is 0.326 e. The Morgan fingerprint density at radius 3 is 2.93 bits per heavy atom. The van der Waals surface area contributed by atoms with E-state index in [9.17, 15) is 15.0 Å². The molecule has 0 spiro atoms. The summed E-state index contributed by atoms with van der Waals surface area (Å²) >= 11 is 5.99. The summed E-state index contributed by atoms with van der Waals surface area (Å²) in [5.74, 6) is 0.108. The second-order valence-electron chi connectivity index (χ2n) is 7.46. The molecule has 4 N–H and O–H groups in total. The van der Waals surface area contributed by atoms with Gasteiger partial charge in [0.15, 0.2) is 0 Å². The highest BCUT2D eigenvalue weighted by Crippen LogP contribution is 2.31. The van der Waals surface area contributed by atoms with Crippen LogP contribution in [0, 0.1) is 0 Å². The van der Waals surface area contributed by atoms with Crippen LogP contribution in [0.3, 0.4) is 0 Å². The summed E-state index contributed by atoms with van der Waals surface area (Å²) in [4.78, 5) is 15.1. The van der Waals surface area contributed by atoms with Crippen molar-refractivity contribution >= 4 is 22.6 Å². The van der Waals surface area contributed by atoms with Crippen LogP contribution in [0.4, 0.5) is 0 Å². The highest BCUT2D eigenvalue weighted by Gasteiger charge is 2.29. The van der Waals surface area contributed by atoms with Crippen molar-refractivity contribution in [3.63, 3.8) is 0 Å². The van der Waals surface area contributed by atoms with E-state index in [0.717, 1.165) is 22.2 Å². The Labute approximate surface area is 173 Å². The Balaban J connectivity index is 1.51. The molecular formula is C22H24ClN3O3. The molecule has 1 unspecified atom stereocenters. The lowest BCUT2D eigenvalue weighted by Crippen LogP contribution is -2.41. The normalized spacial score (nSPS) is 19.8. The zero-order valence-corrected chi connectivity index (χ0v) is 16.7. The van der Waals surface area contributed by atoms with Gasteiger partial charge in [0.25, 0.3) is 0 Å². The van der Waals surface area contributed by atoms with Crippen LogP contribution >= 0.6 is 11.6 Å². The molecule has 0 radical (unpaired) electrons. The Morgan fingerprint density at radius 1 is 1.34 bits per heavy atom. The minimum absolute atomic E-state index is 0.0667. The van der Waals surface area contributed by atoms with Crippen molar-refractivity contribution in [1.29, 1.82) is 0 Å². The van der Waals surface area contributed by atoms with E-state index in [0.29, 0.717) is 30.8 Å². The number of rotatable bonds is 6. The molecule has 7 heteroatoms. The Bertz CT molecular complexity index is 1100. The first-order chi connectivity index (χ1) is 14.0. The number of para-hydroxylation sites is 2. The number of aryl methyl sites for hydroxylation is 2. The molecule has 0 bridgehead atoms. The standard InChI is InChI=1S/C22H24ClN3O3/c1-2-14(10-9-13-5-3-7-16(23)20(13)27)24-18-11-12-26-19-15(21(18)28)6-4-8-17(19)25-22(26)29/h2-8,14,18,21,24,27-28H,1,9-12H2,(H,25,29)/t14?,18-,21-/m1/s1. The van der Waals surface area contributed by atoms with Gasteiger partial charge >= 0.3 is 5.69 Å². The van der Waals surface area contributed by atoms with Crippen molar-refractivity contribution in [3.05, 3.63) is 75.7 Å². The third-order valence-corrected chi connectivity index (χ3v) is 6.00. The molecule has 3 aromatic rings. The molecule has 29 heavy (non-hydrogen) atoms. The first-order valence-electron chi connectivity index (χ1n) is 9.74. The van der Waals surface area contributed by atoms with Crippen LogP contribution in [0.15, 0.2) is 53.8 Å². The molecule has 152 valence electrons. The van der Waals surface area contributed by atoms with Gasteiger partial charge < -0.3 is 20.5 Å². The highest BCUT2D eigenvalue weighted by molar-refractivity contribution is 6.32. The summed E-state index contributed by atoms with van der Waals surface area (Å²) in [5.41, 5.74) is 2.88. The molecule has 0 aliphatic carbocycles. The fraction of sp³-hybridized carbons (Fsp3) is 0.318. The van der Waals surface area contributed by atoms with Crippen molar-refractivity contribution in [2.45, 2.75) is 44.0 Å². The van der Waals surface area contributed by atoms with E-state index in [2.05, 4.69) is 16.9 Å². The van der Waals surface area contributed by atoms with E-state index in [-0.39, 0.29) is 23.5 Å². The molecule has 0 saturated heterocycles. The number of aromatic hydroxyl groups is 1. The van der Waals surface area contributed by atoms with Crippen LogP contribution in [0.1, 0.15) is 30.1 Å². The van der Waals surface area contributed by atoms with Crippen LogP contribution in [-0.2, 0) is 13.0 Å². The minimum Gasteiger partial charge on any atom is -0.506 e. The van der Waals surface area contributed by atoms with E-state index in [1.54, 1.807) is 10.6 Å². The summed E-state index contributed by atoms with van der Waals surface area (Å²) in [5, 5.41) is 25.0. The van der Waals surface area contributed by atoms with Gasteiger partial charge in [-0.15, -0.1) is 6.58 Å². The quantitative estimate of drug-likeness (QED) is 0.467. The van der Waals surface area contributed by atoms with Crippen LogP contribution < -0.4 is 11.0 Å². The minimum atomic E-state index is -0.746. The summed E-state index contributed by atoms with van der Waals surface area (Å²) in [6, 6.07) is 10.6. The molecule has 2 heterocycles. The third-order valence-electron chi connectivity index (χ3n) is 5.70. The topological polar surface area (TPSA) is 90.3 Å². The van der Waals surface area contributed by atoms with Gasteiger partial charge in [0.05, 0.1) is 22.2 Å². The predicted molar refractivity (Wildman–Crippen MR) is 114 cm³/mol. The van der Waals surface area contributed by atoms with Crippen molar-refractivity contribution in [3.8, 4) is 5.75 Å². The number of halogens is 1. The van der Waals surface area contributed by atoms with Gasteiger partial charge in [0.1, 0.15) is 5.75 Å². The number of hydrogen-bond acceptors (Lipinski definition) is 4. The van der Waals surface area contributed by atoms with Gasteiger partial charge in [-0.2, -0.15) is 0 Å². The van der Waals surface area contributed by atoms with Gasteiger partial charge in [-0.1, -0.05) is 41.9 Å². The van der Waals surface area contributed by atoms with Crippen molar-refractivity contribution in [1.82, 2.24) is 14.9 Å². The lowest BCUT2D eigenvalue weighted by atomic mass is 9.97. The molecule has 3 atom stereocenters. The van der Waals surface area contributed by atoms with Crippen molar-refractivity contribution in [2.75, 3.05) is 0 Å². The van der Waals surface area contributed by atoms with Crippen molar-refractivity contribution in [2.24, 2.45) is 0 Å². The fourth-order valence-corrected chi connectivity index (χ4v) is 4.33. The number of nitrogens with one attached hydrogen (secondary N) is 2. The number of phenols is 1. The number of imidazole rings is 1. The van der Waals surface area contributed by atoms with Crippen LogP contribution in [0.2, 0.25) is 5.02 Å². The average molecular weight is 414 g/mol. The number of aromatic amines is 1. The van der Waals surface area contributed by atoms with E-state index in [1.807, 2.05) is 36.4 Å². The molecule has 1 aliphatic rings. The van der Waals surface area contributed by atoms with Crippen LogP contribution in [0.25, 0.3) is 11.0 Å². The summed E-state index contributed by atoms with van der Waals surface area (Å²) in [6.45, 7) is 4.43. The van der Waals surface area contributed by atoms with Gasteiger partial charge in [0, 0.05) is 24.2 Å². The number of H-pyrrole nitrogens is 1. The molecule has 1 aliphatic heterocycles. The summed E-state index contributed by atoms with van der Waals surface area (Å²) in [7, 11) is 0. The number of nitrogens with zero attached hydrogens (tertiary/aromatic N) is 1. The number of benzene rings is 2. The average Bonchev–Trinajstić information content (AvgIpc) is 2.97. The lowest BCUT2D eigenvalue weighted by molar-refractivity contribution is 0.121. The van der Waals surface area contributed by atoms with E-state index in [4.69, 9.17) is 11.6 Å². The Morgan fingerprint density at radius 2 is 2.14 bits per heavy atom. The van der Waals surface area contributed by atoms with Crippen molar-refractivity contribution < 1.29 is 10.2 Å². The maximum atomic E-state index is 12.3.